The summed E-state index contributed by atoms with van der Waals surface area (Å²) in [5, 5.41) is 14.8. The molecule has 1 aromatic rings. The molecule has 1 heterocycles. The number of carboxylic acids is 2. The van der Waals surface area contributed by atoms with Gasteiger partial charge in [0.15, 0.2) is 0 Å². The van der Waals surface area contributed by atoms with Crippen LogP contribution in [0.1, 0.15) is 37.8 Å². The lowest BCUT2D eigenvalue weighted by molar-refractivity contribution is -0.159. The van der Waals surface area contributed by atoms with E-state index in [0.29, 0.717) is 6.61 Å². The maximum absolute atomic E-state index is 11.7. The fourth-order valence-corrected chi connectivity index (χ4v) is 2.73. The molecule has 0 saturated carbocycles. The average Bonchev–Trinajstić information content (AvgIpc) is 2.63. The molecule has 0 atom stereocenters. The molecule has 0 amide bonds. The zero-order valence-electron chi connectivity index (χ0n) is 15.3. The van der Waals surface area contributed by atoms with Crippen molar-refractivity contribution in [2.24, 2.45) is 5.92 Å². The highest BCUT2D eigenvalue weighted by Gasteiger charge is 2.25. The smallest absolute Gasteiger partial charge is 0.414 e. The lowest BCUT2D eigenvalue weighted by atomic mass is 9.96. The van der Waals surface area contributed by atoms with Crippen molar-refractivity contribution in [2.45, 2.75) is 39.7 Å². The molecule has 1 aliphatic rings. The van der Waals surface area contributed by atoms with Crippen molar-refractivity contribution in [3.63, 3.8) is 0 Å². The van der Waals surface area contributed by atoms with Gasteiger partial charge in [0, 0.05) is 6.54 Å². The predicted molar refractivity (Wildman–Crippen MR) is 95.7 cm³/mol. The number of aryl methyl sites for hydroxylation is 1. The molecule has 1 aliphatic heterocycles. The first-order chi connectivity index (χ1) is 12.4. The molecule has 0 unspecified atom stereocenters. The maximum Gasteiger partial charge on any atom is 0.414 e. The van der Waals surface area contributed by atoms with Crippen molar-refractivity contribution >= 4 is 17.9 Å². The molecule has 1 aromatic carbocycles. The fourth-order valence-electron chi connectivity index (χ4n) is 2.73. The number of carbonyl (C=O) groups excluding carboxylic acids is 1. The van der Waals surface area contributed by atoms with Gasteiger partial charge in [0.05, 0.1) is 12.5 Å². The van der Waals surface area contributed by atoms with E-state index in [1.807, 2.05) is 6.92 Å². The highest BCUT2D eigenvalue weighted by atomic mass is 16.5. The number of benzene rings is 1. The predicted octanol–water partition coefficient (Wildman–Crippen LogP) is 2.18. The summed E-state index contributed by atoms with van der Waals surface area (Å²) in [5.41, 5.74) is 2.74. The van der Waals surface area contributed by atoms with E-state index < -0.39 is 11.9 Å². The molecular formula is C19H27NO6. The zero-order chi connectivity index (χ0) is 19.5. The molecule has 26 heavy (non-hydrogen) atoms. The summed E-state index contributed by atoms with van der Waals surface area (Å²) < 4.78 is 5.10. The van der Waals surface area contributed by atoms with Gasteiger partial charge in [-0.05, 0) is 50.4 Å². The second-order valence-corrected chi connectivity index (χ2v) is 6.08. The summed E-state index contributed by atoms with van der Waals surface area (Å²) in [6, 6.07) is 8.86. The van der Waals surface area contributed by atoms with Crippen molar-refractivity contribution in [3.05, 3.63) is 35.4 Å². The number of carbonyl (C=O) groups is 3. The number of piperidine rings is 1. The van der Waals surface area contributed by atoms with Gasteiger partial charge in [0.25, 0.3) is 0 Å². The highest BCUT2D eigenvalue weighted by molar-refractivity contribution is 6.27. The molecule has 0 aromatic heterocycles. The number of hydrogen-bond donors (Lipinski definition) is 2. The first-order valence-electron chi connectivity index (χ1n) is 8.80. The number of esters is 1. The van der Waals surface area contributed by atoms with E-state index in [1.54, 1.807) is 0 Å². The quantitative estimate of drug-likeness (QED) is 0.609. The van der Waals surface area contributed by atoms with Crippen LogP contribution >= 0.6 is 0 Å². The third-order valence-corrected chi connectivity index (χ3v) is 4.23. The summed E-state index contributed by atoms with van der Waals surface area (Å²) in [7, 11) is 0. The summed E-state index contributed by atoms with van der Waals surface area (Å²) >= 11 is 0. The number of rotatable bonds is 5. The van der Waals surface area contributed by atoms with Gasteiger partial charge < -0.3 is 14.9 Å². The summed E-state index contributed by atoms with van der Waals surface area (Å²) in [6.45, 7) is 7.49. The minimum absolute atomic E-state index is 0.0144. The standard InChI is InChI=1S/C17H25NO2.C2H2O4/c1-3-14-5-7-15(8-6-14)13-18-11-9-16(10-12-18)17(19)20-4-2;3-1(4)2(5)6/h5-8,16H,3-4,9-13H2,1-2H3;(H,3,4)(H,5,6). The number of aliphatic carboxylic acids is 2. The Morgan fingerprint density at radius 1 is 1.00 bits per heavy atom. The molecule has 0 radical (unpaired) electrons. The van der Waals surface area contributed by atoms with Gasteiger partial charge in [-0.25, -0.2) is 9.59 Å². The second kappa shape index (κ2) is 11.3. The van der Waals surface area contributed by atoms with Crippen molar-refractivity contribution in [1.29, 1.82) is 0 Å². The Kier molecular flexibility index (Phi) is 9.36. The molecule has 0 aliphatic carbocycles. The van der Waals surface area contributed by atoms with Crippen molar-refractivity contribution in [1.82, 2.24) is 4.90 Å². The molecule has 144 valence electrons. The molecule has 7 nitrogen and oxygen atoms in total. The largest absolute Gasteiger partial charge is 0.473 e. The Bertz CT molecular complexity index is 579. The lowest BCUT2D eigenvalue weighted by Crippen LogP contribution is -2.36. The van der Waals surface area contributed by atoms with Crippen LogP contribution in [0.2, 0.25) is 0 Å². The minimum atomic E-state index is -1.82. The van der Waals surface area contributed by atoms with Crippen LogP contribution in [0.4, 0.5) is 0 Å². The Balaban J connectivity index is 0.000000487. The summed E-state index contributed by atoms with van der Waals surface area (Å²) in [6.07, 6.45) is 2.93. The topological polar surface area (TPSA) is 104 Å². The first-order valence-corrected chi connectivity index (χ1v) is 8.80. The van der Waals surface area contributed by atoms with Gasteiger partial charge in [-0.3, -0.25) is 9.69 Å². The van der Waals surface area contributed by atoms with Crippen LogP contribution in [0, 0.1) is 5.92 Å². The van der Waals surface area contributed by atoms with E-state index in [0.717, 1.165) is 38.9 Å². The van der Waals surface area contributed by atoms with Crippen molar-refractivity contribution in [3.8, 4) is 0 Å². The Morgan fingerprint density at radius 3 is 1.92 bits per heavy atom. The van der Waals surface area contributed by atoms with Gasteiger partial charge >= 0.3 is 17.9 Å². The summed E-state index contributed by atoms with van der Waals surface area (Å²) in [4.78, 5) is 32.3. The van der Waals surface area contributed by atoms with Crippen LogP contribution in [-0.2, 0) is 32.1 Å². The minimum Gasteiger partial charge on any atom is -0.473 e. The molecule has 7 heteroatoms. The van der Waals surface area contributed by atoms with E-state index in [2.05, 4.69) is 36.1 Å². The maximum atomic E-state index is 11.7. The van der Waals surface area contributed by atoms with Crippen LogP contribution in [0.5, 0.6) is 0 Å². The monoisotopic (exact) mass is 365 g/mol. The van der Waals surface area contributed by atoms with Crippen molar-refractivity contribution in [2.75, 3.05) is 19.7 Å². The Hall–Kier alpha value is -2.41. The molecular weight excluding hydrogens is 338 g/mol. The molecule has 0 spiro atoms. The third-order valence-electron chi connectivity index (χ3n) is 4.23. The summed E-state index contributed by atoms with van der Waals surface area (Å²) in [5.74, 6) is -3.56. The fraction of sp³-hybridized carbons (Fsp3) is 0.526. The third kappa shape index (κ3) is 7.65. The number of nitrogens with zero attached hydrogens (tertiary/aromatic N) is 1. The van der Waals surface area contributed by atoms with Crippen molar-refractivity contribution < 1.29 is 29.3 Å². The highest BCUT2D eigenvalue weighted by Crippen LogP contribution is 2.20. The van der Waals surface area contributed by atoms with E-state index in [9.17, 15) is 4.79 Å². The van der Waals surface area contributed by atoms with E-state index in [4.69, 9.17) is 24.5 Å². The van der Waals surface area contributed by atoms with Crippen LogP contribution in [0.3, 0.4) is 0 Å². The van der Waals surface area contributed by atoms with Gasteiger partial charge in [0.1, 0.15) is 0 Å². The van der Waals surface area contributed by atoms with Gasteiger partial charge in [0.2, 0.25) is 0 Å². The lowest BCUT2D eigenvalue weighted by Gasteiger charge is -2.30. The molecule has 0 bridgehead atoms. The number of hydrogen-bond acceptors (Lipinski definition) is 5. The average molecular weight is 365 g/mol. The van der Waals surface area contributed by atoms with Crippen LogP contribution in [0.15, 0.2) is 24.3 Å². The van der Waals surface area contributed by atoms with Gasteiger partial charge in [-0.15, -0.1) is 0 Å². The number of likely N-dealkylation sites (tertiary alicyclic amines) is 1. The van der Waals surface area contributed by atoms with Gasteiger partial charge in [-0.2, -0.15) is 0 Å². The van der Waals surface area contributed by atoms with Crippen LogP contribution in [-0.4, -0.2) is 52.7 Å². The Morgan fingerprint density at radius 2 is 1.50 bits per heavy atom. The van der Waals surface area contributed by atoms with E-state index >= 15 is 0 Å². The SMILES string of the molecule is CCOC(=O)C1CCN(Cc2ccc(CC)cc2)CC1.O=C(O)C(=O)O. The van der Waals surface area contributed by atoms with Crippen LogP contribution in [0.25, 0.3) is 0 Å². The molecule has 1 saturated heterocycles. The zero-order valence-corrected chi connectivity index (χ0v) is 15.3. The molecule has 2 N–H and O–H groups in total. The second-order valence-electron chi connectivity index (χ2n) is 6.08. The number of ether oxygens (including phenoxy) is 1. The normalized spacial score (nSPS) is 14.8. The van der Waals surface area contributed by atoms with E-state index in [-0.39, 0.29) is 11.9 Å². The Labute approximate surface area is 153 Å². The van der Waals surface area contributed by atoms with E-state index in [1.165, 1.54) is 11.1 Å². The number of carboxylic acid groups (broad SMARTS) is 2. The molecule has 2 rings (SSSR count). The first kappa shape index (κ1) is 21.6. The van der Waals surface area contributed by atoms with Crippen LogP contribution < -0.4 is 0 Å². The molecule has 1 fully saturated rings. The van der Waals surface area contributed by atoms with Gasteiger partial charge in [-0.1, -0.05) is 31.2 Å².